The molecule has 1 aliphatic carbocycles. The molecule has 0 spiro atoms. The topological polar surface area (TPSA) is 100 Å². The van der Waals surface area contributed by atoms with Gasteiger partial charge in [0.05, 0.1) is 11.4 Å². The predicted molar refractivity (Wildman–Crippen MR) is 220 cm³/mol. The number of para-hydroxylation sites is 2. The highest BCUT2D eigenvalue weighted by molar-refractivity contribution is 6.55. The molecule has 0 atom stereocenters. The van der Waals surface area contributed by atoms with Crippen LogP contribution in [-0.2, 0) is 0 Å². The fraction of sp³-hybridized carbons (Fsp3) is 0. The van der Waals surface area contributed by atoms with E-state index >= 15 is 0 Å². The van der Waals surface area contributed by atoms with Gasteiger partial charge in [0.2, 0.25) is 0 Å². The lowest BCUT2D eigenvalue weighted by atomic mass is 9.88. The summed E-state index contributed by atoms with van der Waals surface area (Å²) >= 11 is 0. The van der Waals surface area contributed by atoms with Gasteiger partial charge in [-0.1, -0.05) is 127 Å². The van der Waals surface area contributed by atoms with Crippen molar-refractivity contribution in [3.05, 3.63) is 175 Å². The van der Waals surface area contributed by atoms with Crippen LogP contribution in [0.25, 0.3) is 84.1 Å². The first-order valence-corrected chi connectivity index (χ1v) is 17.7. The number of nitrogens with one attached hydrogen (secondary N) is 2. The fourth-order valence-electron chi connectivity index (χ4n) is 7.20. The Morgan fingerprint density at radius 3 is 2.04 bits per heavy atom. The van der Waals surface area contributed by atoms with Crippen LogP contribution in [0.5, 0.6) is 0 Å². The van der Waals surface area contributed by atoms with Crippen LogP contribution in [-0.4, -0.2) is 26.4 Å². The number of hydrogen-bond acceptors (Lipinski definition) is 7. The van der Waals surface area contributed by atoms with Gasteiger partial charge in [-0.2, -0.15) is 5.10 Å². The Morgan fingerprint density at radius 1 is 0.519 bits per heavy atom. The van der Waals surface area contributed by atoms with Crippen molar-refractivity contribution in [3.63, 3.8) is 0 Å². The third kappa shape index (κ3) is 5.52. The molecule has 0 saturated heterocycles. The summed E-state index contributed by atoms with van der Waals surface area (Å²) in [5.74, 6) is 1.64. The van der Waals surface area contributed by atoms with E-state index in [-0.39, 0.29) is 0 Å². The number of hydrazone groups is 1. The largest absolute Gasteiger partial charge is 0.456 e. The summed E-state index contributed by atoms with van der Waals surface area (Å²) in [5, 5.41) is 17.6. The van der Waals surface area contributed by atoms with E-state index in [2.05, 4.69) is 66.1 Å². The van der Waals surface area contributed by atoms with Crippen molar-refractivity contribution in [3.8, 4) is 45.3 Å². The molecule has 0 saturated carbocycles. The van der Waals surface area contributed by atoms with Gasteiger partial charge in [-0.05, 0) is 69.9 Å². The highest BCUT2D eigenvalue weighted by Gasteiger charge is 2.22. The van der Waals surface area contributed by atoms with Crippen LogP contribution in [0.4, 0.5) is 5.69 Å². The second-order valence-electron chi connectivity index (χ2n) is 13.2. The molecule has 2 heterocycles. The van der Waals surface area contributed by atoms with E-state index in [1.807, 2.05) is 103 Å². The first-order valence-electron chi connectivity index (χ1n) is 17.7. The monoisotopic (exact) mass is 694 g/mol. The number of rotatable bonds is 6. The van der Waals surface area contributed by atoms with Crippen LogP contribution in [0, 0.1) is 5.41 Å². The lowest BCUT2D eigenvalue weighted by Gasteiger charge is -2.18. The number of benzene rings is 7. The van der Waals surface area contributed by atoms with Gasteiger partial charge in [0, 0.05) is 33.0 Å². The van der Waals surface area contributed by atoms with E-state index in [1.54, 1.807) is 6.08 Å². The molecular weight excluding hydrogens is 665 g/mol. The van der Waals surface area contributed by atoms with Crippen molar-refractivity contribution < 1.29 is 4.42 Å². The quantitative estimate of drug-likeness (QED) is 0.169. The smallest absolute Gasteiger partial charge is 0.164 e. The molecule has 10 rings (SSSR count). The molecule has 0 fully saturated rings. The maximum Gasteiger partial charge on any atom is 0.164 e. The van der Waals surface area contributed by atoms with Crippen LogP contribution in [0.3, 0.4) is 0 Å². The van der Waals surface area contributed by atoms with Crippen LogP contribution in [0.1, 0.15) is 11.1 Å². The van der Waals surface area contributed by atoms with Gasteiger partial charge in [0.25, 0.3) is 0 Å². The molecule has 7 heteroatoms. The van der Waals surface area contributed by atoms with E-state index in [1.165, 1.54) is 0 Å². The van der Waals surface area contributed by atoms with E-state index in [0.29, 0.717) is 28.9 Å². The van der Waals surface area contributed by atoms with Crippen LogP contribution in [0.15, 0.2) is 173 Å². The molecule has 0 bridgehead atoms. The molecule has 1 aliphatic rings. The van der Waals surface area contributed by atoms with Gasteiger partial charge >= 0.3 is 0 Å². The van der Waals surface area contributed by atoms with Gasteiger partial charge in [0.15, 0.2) is 17.5 Å². The van der Waals surface area contributed by atoms with Crippen LogP contribution in [0.2, 0.25) is 0 Å². The minimum absolute atomic E-state index is 0.326. The molecule has 2 aromatic heterocycles. The third-order valence-electron chi connectivity index (χ3n) is 9.81. The SMILES string of the molecule is N=C1C=Cc2ccc3ccc(-c4nc(-c5cccc(-c6ccccc6)c5)nc(-c5cccc6oc7ccccc7c56)n4)cc3c2/C1=N/Nc1ccccc1. The summed E-state index contributed by atoms with van der Waals surface area (Å²) in [6, 6.07) is 52.9. The van der Waals surface area contributed by atoms with Crippen molar-refractivity contribution in [2.45, 2.75) is 0 Å². The molecule has 2 N–H and O–H groups in total. The molecule has 54 heavy (non-hydrogen) atoms. The molecule has 7 aromatic carbocycles. The molecule has 254 valence electrons. The Morgan fingerprint density at radius 2 is 1.19 bits per heavy atom. The third-order valence-corrected chi connectivity index (χ3v) is 9.81. The minimum Gasteiger partial charge on any atom is -0.456 e. The molecule has 7 nitrogen and oxygen atoms in total. The highest BCUT2D eigenvalue weighted by atomic mass is 16.3. The van der Waals surface area contributed by atoms with Crippen LogP contribution >= 0.6 is 0 Å². The minimum atomic E-state index is 0.326. The van der Waals surface area contributed by atoms with Crippen LogP contribution < -0.4 is 5.43 Å². The summed E-state index contributed by atoms with van der Waals surface area (Å²) in [6.45, 7) is 0. The number of furan rings is 1. The van der Waals surface area contributed by atoms with E-state index < -0.39 is 0 Å². The summed E-state index contributed by atoms with van der Waals surface area (Å²) in [5.41, 5.74) is 13.1. The maximum atomic E-state index is 8.87. The summed E-state index contributed by atoms with van der Waals surface area (Å²) in [7, 11) is 0. The van der Waals surface area contributed by atoms with Gasteiger partial charge in [-0.25, -0.2) is 15.0 Å². The zero-order valence-electron chi connectivity index (χ0n) is 28.9. The Hall–Kier alpha value is -7.51. The Kier molecular flexibility index (Phi) is 7.47. The average molecular weight is 695 g/mol. The highest BCUT2D eigenvalue weighted by Crippen LogP contribution is 2.37. The van der Waals surface area contributed by atoms with E-state index in [4.69, 9.17) is 29.9 Å². The Labute approximate surface area is 310 Å². The Bertz CT molecular complexity index is 2980. The molecule has 0 radical (unpaired) electrons. The van der Waals surface area contributed by atoms with Crippen molar-refractivity contribution in [1.29, 1.82) is 5.41 Å². The first-order chi connectivity index (χ1) is 26.7. The summed E-state index contributed by atoms with van der Waals surface area (Å²) in [6.07, 6.45) is 3.76. The molecule has 9 aromatic rings. The standard InChI is InChI=1S/C47H30N6O/c48-39-26-25-31-23-21-30-22-24-34(28-38(30)42(31)44(39)53-52-35-15-5-2-6-16-35)46-49-45(33-14-9-13-32(27-33)29-11-3-1-4-12-29)50-47(51-46)37-18-10-20-41-43(37)36-17-7-8-19-40(36)54-41/h1-28,48,52H/b48-39?,53-44+. The average Bonchev–Trinajstić information content (AvgIpc) is 3.63. The van der Waals surface area contributed by atoms with Gasteiger partial charge in [-0.3, -0.25) is 10.8 Å². The first kappa shape index (κ1) is 31.2. The van der Waals surface area contributed by atoms with Crippen molar-refractivity contribution >= 4 is 55.9 Å². The molecular formula is C47H30N6O. The predicted octanol–water partition coefficient (Wildman–Crippen LogP) is 11.5. The zero-order chi connectivity index (χ0) is 36.0. The van der Waals surface area contributed by atoms with Crippen molar-refractivity contribution in [2.24, 2.45) is 5.10 Å². The van der Waals surface area contributed by atoms with E-state index in [9.17, 15) is 0 Å². The molecule has 0 amide bonds. The normalized spacial score (nSPS) is 13.2. The lowest BCUT2D eigenvalue weighted by Crippen LogP contribution is -2.19. The zero-order valence-corrected chi connectivity index (χ0v) is 28.9. The Balaban J connectivity index is 1.18. The number of aromatic nitrogens is 3. The second-order valence-corrected chi connectivity index (χ2v) is 13.2. The van der Waals surface area contributed by atoms with E-state index in [0.717, 1.165) is 77.3 Å². The lowest BCUT2D eigenvalue weighted by molar-refractivity contribution is 0.669. The van der Waals surface area contributed by atoms with Crippen molar-refractivity contribution in [2.75, 3.05) is 5.43 Å². The number of nitrogens with zero attached hydrogens (tertiary/aromatic N) is 4. The fourth-order valence-corrected chi connectivity index (χ4v) is 7.20. The number of hydrogen-bond donors (Lipinski definition) is 2. The van der Waals surface area contributed by atoms with Gasteiger partial charge in [0.1, 0.15) is 16.9 Å². The maximum absolute atomic E-state index is 8.87. The second kappa shape index (κ2) is 12.9. The van der Waals surface area contributed by atoms with Crippen molar-refractivity contribution in [1.82, 2.24) is 15.0 Å². The number of fused-ring (bicyclic) bond motifs is 6. The molecule has 0 aliphatic heterocycles. The number of allylic oxidation sites excluding steroid dienone is 1. The summed E-state index contributed by atoms with van der Waals surface area (Å²) < 4.78 is 6.27. The summed E-state index contributed by atoms with van der Waals surface area (Å²) in [4.78, 5) is 15.5. The van der Waals surface area contributed by atoms with Gasteiger partial charge in [-0.15, -0.1) is 0 Å². The number of anilines is 1. The molecule has 0 unspecified atom stereocenters. The van der Waals surface area contributed by atoms with Gasteiger partial charge < -0.3 is 4.42 Å².